The summed E-state index contributed by atoms with van der Waals surface area (Å²) in [6, 6.07) is 11.8. The fourth-order valence-corrected chi connectivity index (χ4v) is 3.17. The number of carboxylic acids is 1. The molecule has 0 saturated heterocycles. The predicted octanol–water partition coefficient (Wildman–Crippen LogP) is 4.59. The minimum atomic E-state index is -0.841. The molecule has 1 fully saturated rings. The normalized spacial score (nSPS) is 16.6. The lowest BCUT2D eigenvalue weighted by Gasteiger charge is -2.22. The smallest absolute Gasteiger partial charge is 0.336 e. The largest absolute Gasteiger partial charge is 0.478 e. The Kier molecular flexibility index (Phi) is 3.24. The number of carbonyl (C=O) groups is 1. The van der Waals surface area contributed by atoms with Crippen molar-refractivity contribution < 1.29 is 9.90 Å². The van der Waals surface area contributed by atoms with Crippen molar-refractivity contribution in [1.82, 2.24) is 0 Å². The van der Waals surface area contributed by atoms with E-state index < -0.39 is 5.97 Å². The Balaban J connectivity index is 2.08. The van der Waals surface area contributed by atoms with Crippen molar-refractivity contribution in [3.05, 3.63) is 47.5 Å². The highest BCUT2D eigenvalue weighted by atomic mass is 16.4. The Morgan fingerprint density at radius 3 is 2.58 bits per heavy atom. The van der Waals surface area contributed by atoms with Gasteiger partial charge < -0.3 is 5.11 Å². The van der Waals surface area contributed by atoms with Gasteiger partial charge in [-0.1, -0.05) is 49.6 Å². The van der Waals surface area contributed by atoms with Crippen LogP contribution >= 0.6 is 0 Å². The lowest BCUT2D eigenvalue weighted by atomic mass is 9.83. The summed E-state index contributed by atoms with van der Waals surface area (Å²) in [6.45, 7) is 0. The molecular formula is C17H18O2. The highest BCUT2D eigenvalue weighted by Crippen LogP contribution is 2.34. The van der Waals surface area contributed by atoms with Crippen LogP contribution in [0.25, 0.3) is 10.8 Å². The molecule has 2 aromatic rings. The summed E-state index contributed by atoms with van der Waals surface area (Å²) in [4.78, 5) is 11.3. The number of rotatable bonds is 2. The van der Waals surface area contributed by atoms with Crippen LogP contribution in [0, 0.1) is 0 Å². The standard InChI is InChI=1S/C17H18O2/c18-17(19)15-8-4-7-13-9-10-14(11-16(13)15)12-5-2-1-3-6-12/h4,7-12H,1-3,5-6H2,(H,18,19). The highest BCUT2D eigenvalue weighted by Gasteiger charge is 2.16. The van der Waals surface area contributed by atoms with E-state index >= 15 is 0 Å². The third-order valence-corrected chi connectivity index (χ3v) is 4.21. The number of benzene rings is 2. The minimum Gasteiger partial charge on any atom is -0.478 e. The zero-order valence-corrected chi connectivity index (χ0v) is 10.9. The number of aromatic carboxylic acids is 1. The van der Waals surface area contributed by atoms with E-state index in [0.717, 1.165) is 10.8 Å². The van der Waals surface area contributed by atoms with Gasteiger partial charge >= 0.3 is 5.97 Å². The van der Waals surface area contributed by atoms with E-state index in [2.05, 4.69) is 18.2 Å². The molecule has 0 atom stereocenters. The van der Waals surface area contributed by atoms with Gasteiger partial charge in [-0.3, -0.25) is 0 Å². The van der Waals surface area contributed by atoms with Crippen molar-refractivity contribution >= 4 is 16.7 Å². The molecule has 1 N–H and O–H groups in total. The SMILES string of the molecule is O=C(O)c1cccc2ccc(C3CCCCC3)cc12. The van der Waals surface area contributed by atoms with Gasteiger partial charge in [-0.15, -0.1) is 0 Å². The van der Waals surface area contributed by atoms with Crippen LogP contribution in [0.1, 0.15) is 53.9 Å². The molecule has 1 aliphatic rings. The Hall–Kier alpha value is -1.83. The van der Waals surface area contributed by atoms with Crippen molar-refractivity contribution in [2.75, 3.05) is 0 Å². The summed E-state index contributed by atoms with van der Waals surface area (Å²) in [5.74, 6) is -0.230. The van der Waals surface area contributed by atoms with E-state index in [1.54, 1.807) is 6.07 Å². The molecule has 0 spiro atoms. The summed E-state index contributed by atoms with van der Waals surface area (Å²) < 4.78 is 0. The van der Waals surface area contributed by atoms with E-state index in [1.165, 1.54) is 37.7 Å². The molecule has 0 bridgehead atoms. The molecule has 3 rings (SSSR count). The number of hydrogen-bond acceptors (Lipinski definition) is 1. The monoisotopic (exact) mass is 254 g/mol. The first-order chi connectivity index (χ1) is 9.25. The van der Waals surface area contributed by atoms with Crippen molar-refractivity contribution in [3.8, 4) is 0 Å². The Bertz CT molecular complexity index is 610. The molecule has 2 heteroatoms. The third-order valence-electron chi connectivity index (χ3n) is 4.21. The summed E-state index contributed by atoms with van der Waals surface area (Å²) >= 11 is 0. The predicted molar refractivity (Wildman–Crippen MR) is 76.7 cm³/mol. The highest BCUT2D eigenvalue weighted by molar-refractivity contribution is 6.03. The average molecular weight is 254 g/mol. The van der Waals surface area contributed by atoms with Gasteiger partial charge in [-0.05, 0) is 41.2 Å². The van der Waals surface area contributed by atoms with Crippen LogP contribution in [0.3, 0.4) is 0 Å². The van der Waals surface area contributed by atoms with Gasteiger partial charge in [0.05, 0.1) is 5.56 Å². The van der Waals surface area contributed by atoms with Gasteiger partial charge in [0, 0.05) is 0 Å². The lowest BCUT2D eigenvalue weighted by molar-refractivity contribution is 0.0699. The van der Waals surface area contributed by atoms with Gasteiger partial charge in [-0.25, -0.2) is 4.79 Å². The first-order valence-corrected chi connectivity index (χ1v) is 7.01. The number of fused-ring (bicyclic) bond motifs is 1. The Labute approximate surface area is 113 Å². The maximum Gasteiger partial charge on any atom is 0.336 e. The maximum atomic E-state index is 11.3. The van der Waals surface area contributed by atoms with E-state index in [1.807, 2.05) is 12.1 Å². The van der Waals surface area contributed by atoms with E-state index in [-0.39, 0.29) is 0 Å². The summed E-state index contributed by atoms with van der Waals surface area (Å²) in [6.07, 6.45) is 6.40. The molecule has 0 radical (unpaired) electrons. The zero-order valence-electron chi connectivity index (χ0n) is 10.9. The van der Waals surface area contributed by atoms with Crippen LogP contribution in [-0.4, -0.2) is 11.1 Å². The van der Waals surface area contributed by atoms with Crippen molar-refractivity contribution in [2.24, 2.45) is 0 Å². The average Bonchev–Trinajstić information content (AvgIpc) is 2.47. The molecule has 2 nitrogen and oxygen atoms in total. The van der Waals surface area contributed by atoms with Gasteiger partial charge in [0.1, 0.15) is 0 Å². The van der Waals surface area contributed by atoms with Crippen LogP contribution in [0.2, 0.25) is 0 Å². The van der Waals surface area contributed by atoms with Gasteiger partial charge in [0.25, 0.3) is 0 Å². The molecule has 1 saturated carbocycles. The van der Waals surface area contributed by atoms with Gasteiger partial charge in [-0.2, -0.15) is 0 Å². The van der Waals surface area contributed by atoms with Crippen LogP contribution in [-0.2, 0) is 0 Å². The molecule has 1 aliphatic carbocycles. The van der Waals surface area contributed by atoms with E-state index in [9.17, 15) is 9.90 Å². The van der Waals surface area contributed by atoms with Crippen molar-refractivity contribution in [3.63, 3.8) is 0 Å². The van der Waals surface area contributed by atoms with Crippen LogP contribution in [0.5, 0.6) is 0 Å². The van der Waals surface area contributed by atoms with Gasteiger partial charge in [0.15, 0.2) is 0 Å². The first-order valence-electron chi connectivity index (χ1n) is 7.01. The Morgan fingerprint density at radius 2 is 1.84 bits per heavy atom. The second-order valence-electron chi connectivity index (χ2n) is 5.43. The number of carboxylic acid groups (broad SMARTS) is 1. The zero-order chi connectivity index (χ0) is 13.2. The van der Waals surface area contributed by atoms with Crippen LogP contribution in [0.15, 0.2) is 36.4 Å². The van der Waals surface area contributed by atoms with Crippen molar-refractivity contribution in [2.45, 2.75) is 38.0 Å². The molecule has 0 aromatic heterocycles. The molecule has 98 valence electrons. The van der Waals surface area contributed by atoms with Crippen molar-refractivity contribution in [1.29, 1.82) is 0 Å². The lowest BCUT2D eigenvalue weighted by Crippen LogP contribution is -2.05. The first kappa shape index (κ1) is 12.2. The third kappa shape index (κ3) is 2.35. The summed E-state index contributed by atoms with van der Waals surface area (Å²) in [7, 11) is 0. The summed E-state index contributed by atoms with van der Waals surface area (Å²) in [5.41, 5.74) is 1.72. The molecular weight excluding hydrogens is 236 g/mol. The topological polar surface area (TPSA) is 37.3 Å². The van der Waals surface area contributed by atoms with E-state index in [0.29, 0.717) is 11.5 Å². The Morgan fingerprint density at radius 1 is 1.05 bits per heavy atom. The molecule has 0 unspecified atom stereocenters. The minimum absolute atomic E-state index is 0.412. The second kappa shape index (κ2) is 5.04. The van der Waals surface area contributed by atoms with Crippen LogP contribution < -0.4 is 0 Å². The maximum absolute atomic E-state index is 11.3. The van der Waals surface area contributed by atoms with E-state index in [4.69, 9.17) is 0 Å². The van der Waals surface area contributed by atoms with Gasteiger partial charge in [0.2, 0.25) is 0 Å². The molecule has 19 heavy (non-hydrogen) atoms. The van der Waals surface area contributed by atoms with Crippen LogP contribution in [0.4, 0.5) is 0 Å². The molecule has 0 aliphatic heterocycles. The quantitative estimate of drug-likeness (QED) is 0.851. The molecule has 0 amide bonds. The summed E-state index contributed by atoms with van der Waals surface area (Å²) in [5, 5.41) is 11.2. The molecule has 0 heterocycles. The second-order valence-corrected chi connectivity index (χ2v) is 5.43. The fourth-order valence-electron chi connectivity index (χ4n) is 3.17. The molecule has 2 aromatic carbocycles. The number of hydrogen-bond donors (Lipinski definition) is 1. The fraction of sp³-hybridized carbons (Fsp3) is 0.353.